The maximum Gasteiger partial charge on any atom is 0.421 e. The summed E-state index contributed by atoms with van der Waals surface area (Å²) in [5, 5.41) is 6.10. The first-order valence-electron chi connectivity index (χ1n) is 16.0. The van der Waals surface area contributed by atoms with Gasteiger partial charge in [-0.15, -0.1) is 0 Å². The monoisotopic (exact) mass is 689 g/mol. The van der Waals surface area contributed by atoms with Crippen molar-refractivity contribution in [3.8, 4) is 17.2 Å². The van der Waals surface area contributed by atoms with E-state index in [1.165, 1.54) is 19.4 Å². The number of halogens is 3. The summed E-state index contributed by atoms with van der Waals surface area (Å²) in [7, 11) is 2.76. The summed E-state index contributed by atoms with van der Waals surface area (Å²) in [6.45, 7) is 9.67. The summed E-state index contributed by atoms with van der Waals surface area (Å²) in [6, 6.07) is 8.17. The first kappa shape index (κ1) is 34.1. The van der Waals surface area contributed by atoms with Crippen LogP contribution in [0.15, 0.2) is 30.5 Å². The Labute approximate surface area is 279 Å². The molecule has 0 atom stereocenters. The number of benzene rings is 2. The molecule has 1 aromatic heterocycles. The number of methoxy groups -OCH3 is 1. The number of hydrogen-bond acceptors (Lipinski definition) is 11. The fourth-order valence-electron chi connectivity index (χ4n) is 6.60. The van der Waals surface area contributed by atoms with Gasteiger partial charge in [0.1, 0.15) is 37.5 Å². The van der Waals surface area contributed by atoms with Crippen LogP contribution in [0.4, 0.5) is 42.0 Å². The molecule has 3 aliphatic heterocycles. The second-order valence-corrected chi connectivity index (χ2v) is 16.3. The molecular weight excluding hydrogens is 646 g/mol. The number of likely N-dealkylation sites (N-methyl/N-ethyl adjacent to an activating group) is 1. The van der Waals surface area contributed by atoms with E-state index in [4.69, 9.17) is 14.2 Å². The van der Waals surface area contributed by atoms with E-state index in [-0.39, 0.29) is 29.3 Å². The van der Waals surface area contributed by atoms with E-state index in [1.54, 1.807) is 13.2 Å². The van der Waals surface area contributed by atoms with Crippen molar-refractivity contribution < 1.29 is 31.9 Å². The van der Waals surface area contributed by atoms with Gasteiger partial charge < -0.3 is 39.2 Å². The largest absolute Gasteiger partial charge is 0.494 e. The second-order valence-electron chi connectivity index (χ2n) is 13.2. The van der Waals surface area contributed by atoms with Gasteiger partial charge in [0.15, 0.2) is 11.5 Å². The molecule has 0 unspecified atom stereocenters. The van der Waals surface area contributed by atoms with Crippen molar-refractivity contribution in [2.75, 3.05) is 89.5 Å². The third-order valence-corrected chi connectivity index (χ3v) is 10.8. The number of rotatable bonds is 9. The molecular formula is C33H43F3N7O4P. The molecule has 11 nitrogen and oxygen atoms in total. The predicted molar refractivity (Wildman–Crippen MR) is 182 cm³/mol. The maximum atomic E-state index is 14.2. The highest BCUT2D eigenvalue weighted by molar-refractivity contribution is 7.70. The summed E-state index contributed by atoms with van der Waals surface area (Å²) < 4.78 is 73.0. The fraction of sp³-hybridized carbons (Fsp3) is 0.515. The molecule has 48 heavy (non-hydrogen) atoms. The number of alkyl halides is 3. The van der Waals surface area contributed by atoms with Gasteiger partial charge in [-0.1, -0.05) is 0 Å². The van der Waals surface area contributed by atoms with Crippen LogP contribution in [-0.2, 0) is 10.7 Å². The molecule has 3 aliphatic rings. The lowest BCUT2D eigenvalue weighted by Crippen LogP contribution is -2.62. The molecule has 0 saturated carbocycles. The lowest BCUT2D eigenvalue weighted by atomic mass is 9.96. The third-order valence-electron chi connectivity index (χ3n) is 9.28. The van der Waals surface area contributed by atoms with E-state index < -0.39 is 24.7 Å². The molecule has 2 N–H and O–H groups in total. The van der Waals surface area contributed by atoms with Crippen molar-refractivity contribution >= 4 is 41.3 Å². The molecule has 0 aliphatic carbocycles. The predicted octanol–water partition coefficient (Wildman–Crippen LogP) is 5.53. The summed E-state index contributed by atoms with van der Waals surface area (Å²) in [5.74, 6) is 0.581. The zero-order chi connectivity index (χ0) is 34.4. The van der Waals surface area contributed by atoms with Crippen molar-refractivity contribution in [2.45, 2.75) is 38.0 Å². The average molecular weight is 690 g/mol. The highest BCUT2D eigenvalue weighted by atomic mass is 31.2. The van der Waals surface area contributed by atoms with Crippen LogP contribution in [0.2, 0.25) is 0 Å². The van der Waals surface area contributed by atoms with E-state index in [2.05, 4.69) is 49.4 Å². The SMILES string of the molecule is COc1cc(N2CCC(N3CC(N(C)C)C3)CC2)c(C)cc1Nc1ncc(C(F)(F)F)c(Nc2ccc3c(c2P(C)(C)=O)OCCO3)n1. The minimum absolute atomic E-state index is 0.0717. The minimum Gasteiger partial charge on any atom is -0.494 e. The summed E-state index contributed by atoms with van der Waals surface area (Å²) in [5.41, 5.74) is 1.66. The third kappa shape index (κ3) is 7.02. The molecule has 0 bridgehead atoms. The first-order valence-corrected chi connectivity index (χ1v) is 18.6. The summed E-state index contributed by atoms with van der Waals surface area (Å²) in [6.07, 6.45) is -1.88. The van der Waals surface area contributed by atoms with Gasteiger partial charge in [-0.25, -0.2) is 4.98 Å². The number of nitrogens with one attached hydrogen (secondary N) is 2. The molecule has 3 aromatic rings. The van der Waals surface area contributed by atoms with Gasteiger partial charge in [-0.2, -0.15) is 18.2 Å². The van der Waals surface area contributed by atoms with Crippen molar-refractivity contribution in [1.82, 2.24) is 19.8 Å². The molecule has 0 spiro atoms. The number of likely N-dealkylation sites (tertiary alicyclic amines) is 1. The topological polar surface area (TPSA) is 104 Å². The molecule has 0 radical (unpaired) electrons. The Morgan fingerprint density at radius 3 is 2.40 bits per heavy atom. The number of fused-ring (bicyclic) bond motifs is 1. The van der Waals surface area contributed by atoms with Gasteiger partial charge in [-0.05, 0) is 71.0 Å². The Kier molecular flexibility index (Phi) is 9.45. The number of nitrogens with zero attached hydrogens (tertiary/aromatic N) is 5. The van der Waals surface area contributed by atoms with E-state index >= 15 is 0 Å². The molecule has 2 fully saturated rings. The molecule has 0 amide bonds. The summed E-state index contributed by atoms with van der Waals surface area (Å²) in [4.78, 5) is 15.5. The van der Waals surface area contributed by atoms with Crippen LogP contribution in [0.5, 0.6) is 17.2 Å². The fourth-order valence-corrected chi connectivity index (χ4v) is 7.97. The quantitative estimate of drug-likeness (QED) is 0.277. The van der Waals surface area contributed by atoms with Crippen molar-refractivity contribution in [1.29, 1.82) is 0 Å². The normalized spacial score (nSPS) is 17.8. The van der Waals surface area contributed by atoms with Crippen molar-refractivity contribution in [3.63, 3.8) is 0 Å². The van der Waals surface area contributed by atoms with Crippen LogP contribution in [0.25, 0.3) is 0 Å². The zero-order valence-electron chi connectivity index (χ0n) is 28.1. The average Bonchev–Trinajstić information content (AvgIpc) is 2.99. The number of aromatic nitrogens is 2. The number of aryl methyl sites for hydroxylation is 1. The van der Waals surface area contributed by atoms with Gasteiger partial charge in [0.25, 0.3) is 0 Å². The molecule has 15 heteroatoms. The smallest absolute Gasteiger partial charge is 0.421 e. The van der Waals surface area contributed by atoms with Gasteiger partial charge in [-0.3, -0.25) is 4.90 Å². The van der Waals surface area contributed by atoms with Gasteiger partial charge >= 0.3 is 6.18 Å². The van der Waals surface area contributed by atoms with E-state index in [0.29, 0.717) is 35.9 Å². The Bertz CT molecular complexity index is 1700. The number of hydrogen-bond donors (Lipinski definition) is 2. The molecule has 6 rings (SSSR count). The number of ether oxygens (including phenoxy) is 3. The van der Waals surface area contributed by atoms with Crippen LogP contribution < -0.4 is 35.0 Å². The van der Waals surface area contributed by atoms with Gasteiger partial charge in [0, 0.05) is 56.2 Å². The molecule has 2 aromatic carbocycles. The van der Waals surface area contributed by atoms with Crippen LogP contribution in [0, 0.1) is 6.92 Å². The summed E-state index contributed by atoms with van der Waals surface area (Å²) >= 11 is 0. The van der Waals surface area contributed by atoms with Crippen LogP contribution in [0.3, 0.4) is 0 Å². The first-order chi connectivity index (χ1) is 22.7. The van der Waals surface area contributed by atoms with Crippen molar-refractivity contribution in [3.05, 3.63) is 41.6 Å². The van der Waals surface area contributed by atoms with Gasteiger partial charge in [0.2, 0.25) is 5.95 Å². The van der Waals surface area contributed by atoms with E-state index in [9.17, 15) is 17.7 Å². The second kappa shape index (κ2) is 13.3. The Balaban J connectivity index is 1.24. The van der Waals surface area contributed by atoms with Crippen LogP contribution in [0.1, 0.15) is 24.0 Å². The van der Waals surface area contributed by atoms with E-state index in [1.807, 2.05) is 19.1 Å². The lowest BCUT2D eigenvalue weighted by molar-refractivity contribution is -0.137. The number of anilines is 5. The lowest BCUT2D eigenvalue weighted by Gasteiger charge is -2.49. The van der Waals surface area contributed by atoms with E-state index in [0.717, 1.165) is 56.5 Å². The standard InChI is InChI=1S/C33H43F3N7O4P/c1-20-15-25(28(45-4)16-26(20)42-11-9-21(10-12-42)43-18-22(19-43)41(2)3)39-32-37-17-23(33(34,35)36)31(40-32)38-24-7-8-27-29(47-14-13-46-27)30(24)48(5,6)44/h7-8,15-17,21-22H,9-14,18-19H2,1-6H3,(H2,37,38,39,40). The van der Waals surface area contributed by atoms with Crippen LogP contribution in [-0.4, -0.2) is 106 Å². The van der Waals surface area contributed by atoms with Crippen LogP contribution >= 0.6 is 7.14 Å². The highest BCUT2D eigenvalue weighted by Gasteiger charge is 2.37. The Morgan fingerprint density at radius 2 is 1.75 bits per heavy atom. The Morgan fingerprint density at radius 1 is 1.04 bits per heavy atom. The molecule has 2 saturated heterocycles. The highest BCUT2D eigenvalue weighted by Crippen LogP contribution is 2.47. The van der Waals surface area contributed by atoms with Gasteiger partial charge in [0.05, 0.1) is 23.8 Å². The van der Waals surface area contributed by atoms with Crippen molar-refractivity contribution in [2.24, 2.45) is 0 Å². The zero-order valence-corrected chi connectivity index (χ0v) is 29.0. The molecule has 4 heterocycles. The minimum atomic E-state index is -4.76. The maximum absolute atomic E-state index is 14.2. The molecule has 260 valence electrons. The Hall–Kier alpha value is -3.74. The number of piperidine rings is 1.